The van der Waals surface area contributed by atoms with Crippen molar-refractivity contribution in [2.75, 3.05) is 6.54 Å². The van der Waals surface area contributed by atoms with Gasteiger partial charge in [0.2, 0.25) is 0 Å². The van der Waals surface area contributed by atoms with Gasteiger partial charge in [-0.1, -0.05) is 31.4 Å². The number of hydrogen-bond acceptors (Lipinski definition) is 1. The van der Waals surface area contributed by atoms with Crippen LogP contribution >= 0.6 is 0 Å². The Balaban J connectivity index is 2.00. The molecule has 12 heavy (non-hydrogen) atoms. The van der Waals surface area contributed by atoms with Gasteiger partial charge in [0.25, 0.3) is 0 Å². The summed E-state index contributed by atoms with van der Waals surface area (Å²) in [6.45, 7) is 1.26. The minimum Gasteiger partial charge on any atom is -0.371 e. The Kier molecular flexibility index (Phi) is 2.50. The van der Waals surface area contributed by atoms with Gasteiger partial charge in [0.15, 0.2) is 0 Å². The molecule has 2 aliphatic rings. The van der Waals surface area contributed by atoms with E-state index in [1.54, 1.807) is 0 Å². The Morgan fingerprint density at radius 2 is 1.92 bits per heavy atom. The maximum absolute atomic E-state index is 2.49. The minimum atomic E-state index is 0.704. The maximum Gasteiger partial charge on any atom is 0.0470 e. The first kappa shape index (κ1) is 7.90. The van der Waals surface area contributed by atoms with Gasteiger partial charge in [-0.15, -0.1) is 0 Å². The Morgan fingerprint density at radius 1 is 1.00 bits per heavy atom. The van der Waals surface area contributed by atoms with Crippen molar-refractivity contribution in [2.45, 2.75) is 38.1 Å². The van der Waals surface area contributed by atoms with Crippen LogP contribution in [0.1, 0.15) is 32.1 Å². The molecule has 1 atom stereocenters. The van der Waals surface area contributed by atoms with Crippen molar-refractivity contribution in [3.8, 4) is 0 Å². The molecule has 2 aliphatic heterocycles. The molecule has 0 aliphatic carbocycles. The van der Waals surface area contributed by atoms with E-state index in [0.29, 0.717) is 6.04 Å². The first-order valence-corrected chi connectivity index (χ1v) is 5.07. The molecule has 2 rings (SSSR count). The van der Waals surface area contributed by atoms with E-state index in [4.69, 9.17) is 0 Å². The Labute approximate surface area is 74.8 Å². The second kappa shape index (κ2) is 3.79. The molecule has 0 amide bonds. The topological polar surface area (TPSA) is 3.24 Å². The van der Waals surface area contributed by atoms with Crippen LogP contribution in [-0.2, 0) is 0 Å². The van der Waals surface area contributed by atoms with Gasteiger partial charge in [-0.2, -0.15) is 0 Å². The lowest BCUT2D eigenvalue weighted by atomic mass is 10.0. The first-order valence-electron chi connectivity index (χ1n) is 5.07. The molecule has 0 spiro atoms. The summed E-state index contributed by atoms with van der Waals surface area (Å²) < 4.78 is 0. The van der Waals surface area contributed by atoms with E-state index in [2.05, 4.69) is 29.3 Å². The average molecular weight is 163 g/mol. The SMILES string of the molecule is C1=CC2CCCCCCN2C=C1. The summed E-state index contributed by atoms with van der Waals surface area (Å²) in [6.07, 6.45) is 15.9. The molecule has 66 valence electrons. The normalized spacial score (nSPS) is 29.3. The first-order chi connectivity index (χ1) is 5.97. The molecule has 0 N–H and O–H groups in total. The van der Waals surface area contributed by atoms with E-state index in [0.717, 1.165) is 0 Å². The van der Waals surface area contributed by atoms with Crippen molar-refractivity contribution in [3.05, 3.63) is 24.4 Å². The molecule has 0 aromatic rings. The molecular weight excluding hydrogens is 146 g/mol. The van der Waals surface area contributed by atoms with Crippen LogP contribution in [0.3, 0.4) is 0 Å². The van der Waals surface area contributed by atoms with Gasteiger partial charge in [-0.05, 0) is 25.1 Å². The lowest BCUT2D eigenvalue weighted by molar-refractivity contribution is 0.271. The Bertz CT molecular complexity index is 171. The summed E-state index contributed by atoms with van der Waals surface area (Å²) in [6, 6.07) is 0.704. The number of fused-ring (bicyclic) bond motifs is 1. The molecule has 2 heterocycles. The molecule has 1 heteroatoms. The quantitative estimate of drug-likeness (QED) is 0.530. The van der Waals surface area contributed by atoms with Gasteiger partial charge >= 0.3 is 0 Å². The zero-order chi connectivity index (χ0) is 8.23. The summed E-state index contributed by atoms with van der Waals surface area (Å²) in [5.41, 5.74) is 0. The highest BCUT2D eigenvalue weighted by atomic mass is 15.1. The van der Waals surface area contributed by atoms with Crippen molar-refractivity contribution in [3.63, 3.8) is 0 Å². The van der Waals surface area contributed by atoms with Crippen LogP contribution in [0.15, 0.2) is 24.4 Å². The third kappa shape index (κ3) is 1.71. The zero-order valence-electron chi connectivity index (χ0n) is 7.58. The highest BCUT2D eigenvalue weighted by Gasteiger charge is 2.15. The van der Waals surface area contributed by atoms with E-state index >= 15 is 0 Å². The molecule has 0 bridgehead atoms. The van der Waals surface area contributed by atoms with Crippen LogP contribution in [0.2, 0.25) is 0 Å². The van der Waals surface area contributed by atoms with Crippen molar-refractivity contribution in [1.29, 1.82) is 0 Å². The minimum absolute atomic E-state index is 0.704. The molecule has 1 saturated heterocycles. The number of rotatable bonds is 0. The Hall–Kier alpha value is -0.720. The molecule has 1 fully saturated rings. The Morgan fingerprint density at radius 3 is 2.92 bits per heavy atom. The van der Waals surface area contributed by atoms with Crippen molar-refractivity contribution in [2.24, 2.45) is 0 Å². The molecule has 0 radical (unpaired) electrons. The fourth-order valence-corrected chi connectivity index (χ4v) is 2.08. The van der Waals surface area contributed by atoms with Crippen molar-refractivity contribution >= 4 is 0 Å². The van der Waals surface area contributed by atoms with Crippen LogP contribution < -0.4 is 0 Å². The highest BCUT2D eigenvalue weighted by molar-refractivity contribution is 5.13. The predicted octanol–water partition coefficient (Wildman–Crippen LogP) is 2.70. The van der Waals surface area contributed by atoms with Gasteiger partial charge in [0.1, 0.15) is 0 Å². The van der Waals surface area contributed by atoms with Crippen LogP contribution in [0.5, 0.6) is 0 Å². The average Bonchev–Trinajstić information content (AvgIpc) is 2.06. The third-order valence-corrected chi connectivity index (χ3v) is 2.81. The second-order valence-electron chi connectivity index (χ2n) is 3.73. The fraction of sp³-hybridized carbons (Fsp3) is 0.636. The maximum atomic E-state index is 2.49. The van der Waals surface area contributed by atoms with Gasteiger partial charge < -0.3 is 4.90 Å². The lowest BCUT2D eigenvalue weighted by Crippen LogP contribution is -2.32. The van der Waals surface area contributed by atoms with E-state index in [9.17, 15) is 0 Å². The zero-order valence-corrected chi connectivity index (χ0v) is 7.58. The van der Waals surface area contributed by atoms with Crippen LogP contribution in [-0.4, -0.2) is 17.5 Å². The standard InChI is InChI=1S/C11H17N/c1-2-5-9-12-10-6-4-8-11(12)7-3-1/h4,6,8,10-11H,1-3,5,7,9H2. The van der Waals surface area contributed by atoms with E-state index in [-0.39, 0.29) is 0 Å². The van der Waals surface area contributed by atoms with Crippen molar-refractivity contribution in [1.82, 2.24) is 4.90 Å². The van der Waals surface area contributed by atoms with E-state index in [1.165, 1.54) is 38.6 Å². The van der Waals surface area contributed by atoms with Crippen LogP contribution in [0, 0.1) is 0 Å². The van der Waals surface area contributed by atoms with Crippen LogP contribution in [0.25, 0.3) is 0 Å². The van der Waals surface area contributed by atoms with E-state index < -0.39 is 0 Å². The number of nitrogens with zero attached hydrogens (tertiary/aromatic N) is 1. The predicted molar refractivity (Wildman–Crippen MR) is 51.9 cm³/mol. The molecule has 1 nitrogen and oxygen atoms in total. The molecule has 1 unspecified atom stereocenters. The summed E-state index contributed by atoms with van der Waals surface area (Å²) in [5.74, 6) is 0. The molecule has 0 saturated carbocycles. The largest absolute Gasteiger partial charge is 0.371 e. The number of allylic oxidation sites excluding steroid dienone is 2. The monoisotopic (exact) mass is 163 g/mol. The van der Waals surface area contributed by atoms with Gasteiger partial charge in [-0.3, -0.25) is 0 Å². The van der Waals surface area contributed by atoms with Gasteiger partial charge in [0.05, 0.1) is 0 Å². The second-order valence-corrected chi connectivity index (χ2v) is 3.73. The molecular formula is C11H17N. The lowest BCUT2D eigenvalue weighted by Gasteiger charge is -2.32. The highest BCUT2D eigenvalue weighted by Crippen LogP contribution is 2.19. The smallest absolute Gasteiger partial charge is 0.0470 e. The third-order valence-electron chi connectivity index (χ3n) is 2.81. The van der Waals surface area contributed by atoms with Crippen molar-refractivity contribution < 1.29 is 0 Å². The number of hydrogen-bond donors (Lipinski definition) is 0. The fourth-order valence-electron chi connectivity index (χ4n) is 2.08. The van der Waals surface area contributed by atoms with Crippen LogP contribution in [0.4, 0.5) is 0 Å². The summed E-state index contributed by atoms with van der Waals surface area (Å²) in [4.78, 5) is 2.49. The summed E-state index contributed by atoms with van der Waals surface area (Å²) in [5, 5.41) is 0. The molecule has 0 aromatic carbocycles. The summed E-state index contributed by atoms with van der Waals surface area (Å²) >= 11 is 0. The van der Waals surface area contributed by atoms with Gasteiger partial charge in [0, 0.05) is 12.6 Å². The van der Waals surface area contributed by atoms with Gasteiger partial charge in [-0.25, -0.2) is 0 Å². The molecule has 0 aromatic heterocycles. The van der Waals surface area contributed by atoms with E-state index in [1.807, 2.05) is 0 Å². The summed E-state index contributed by atoms with van der Waals surface area (Å²) in [7, 11) is 0.